The number of aliphatic hydroxyl groups is 2. The van der Waals surface area contributed by atoms with Crippen LogP contribution in [0.4, 0.5) is 0 Å². The molecule has 0 aliphatic carbocycles. The highest BCUT2D eigenvalue weighted by Gasteiger charge is 2.45. The van der Waals surface area contributed by atoms with E-state index in [4.69, 9.17) is 4.74 Å². The van der Waals surface area contributed by atoms with Crippen LogP contribution in [0.3, 0.4) is 0 Å². The van der Waals surface area contributed by atoms with Gasteiger partial charge in [-0.05, 0) is 19.0 Å². The van der Waals surface area contributed by atoms with Crippen LogP contribution in [0.25, 0.3) is 0 Å². The zero-order chi connectivity index (χ0) is 15.7. The van der Waals surface area contributed by atoms with Gasteiger partial charge in [0.25, 0.3) is 0 Å². The summed E-state index contributed by atoms with van der Waals surface area (Å²) in [6.07, 6.45) is 1.66. The highest BCUT2D eigenvalue weighted by molar-refractivity contribution is 5.78. The summed E-state index contributed by atoms with van der Waals surface area (Å²) < 4.78 is 5.64. The molecule has 0 unspecified atom stereocenters. The molecular formula is C17H23NO4. The second-order valence-corrected chi connectivity index (χ2v) is 6.37. The van der Waals surface area contributed by atoms with Crippen LogP contribution in [0, 0.1) is 0 Å². The van der Waals surface area contributed by atoms with Crippen molar-refractivity contribution in [2.75, 3.05) is 13.7 Å². The van der Waals surface area contributed by atoms with Crippen molar-refractivity contribution >= 4 is 5.97 Å². The molecule has 2 N–H and O–H groups in total. The third-order valence-electron chi connectivity index (χ3n) is 5.05. The Bertz CT molecular complexity index is 521. The van der Waals surface area contributed by atoms with Gasteiger partial charge < -0.3 is 14.9 Å². The fourth-order valence-corrected chi connectivity index (χ4v) is 3.74. The summed E-state index contributed by atoms with van der Waals surface area (Å²) >= 11 is 0. The van der Waals surface area contributed by atoms with Gasteiger partial charge in [-0.15, -0.1) is 0 Å². The van der Waals surface area contributed by atoms with Crippen molar-refractivity contribution in [1.29, 1.82) is 0 Å². The molecule has 2 heterocycles. The molecule has 22 heavy (non-hydrogen) atoms. The summed E-state index contributed by atoms with van der Waals surface area (Å²) in [4.78, 5) is 14.6. The van der Waals surface area contributed by atoms with Crippen molar-refractivity contribution in [1.82, 2.24) is 4.90 Å². The first-order valence-corrected chi connectivity index (χ1v) is 7.86. The van der Waals surface area contributed by atoms with Gasteiger partial charge in [0.15, 0.2) is 0 Å². The van der Waals surface area contributed by atoms with Gasteiger partial charge >= 0.3 is 5.97 Å². The average Bonchev–Trinajstić information content (AvgIpc) is 2.68. The number of nitrogens with zero attached hydrogens (tertiary/aromatic N) is 1. The largest absolute Gasteiger partial charge is 0.462 e. The lowest BCUT2D eigenvalue weighted by molar-refractivity contribution is -0.155. The van der Waals surface area contributed by atoms with Gasteiger partial charge in [-0.1, -0.05) is 30.3 Å². The van der Waals surface area contributed by atoms with Gasteiger partial charge in [0, 0.05) is 24.9 Å². The van der Waals surface area contributed by atoms with Crippen LogP contribution in [0.5, 0.6) is 0 Å². The highest BCUT2D eigenvalue weighted by atomic mass is 16.5. The number of likely N-dealkylation sites (N-methyl/N-ethyl adjacent to an activating group) is 1. The summed E-state index contributed by atoms with van der Waals surface area (Å²) in [6, 6.07) is 9.56. The number of rotatable bonds is 4. The van der Waals surface area contributed by atoms with Crippen LogP contribution in [0.1, 0.15) is 30.7 Å². The van der Waals surface area contributed by atoms with Crippen LogP contribution < -0.4 is 0 Å². The van der Waals surface area contributed by atoms with E-state index in [1.54, 1.807) is 0 Å². The number of fused-ring (bicyclic) bond motifs is 2. The van der Waals surface area contributed by atoms with Gasteiger partial charge in [-0.2, -0.15) is 0 Å². The zero-order valence-electron chi connectivity index (χ0n) is 12.8. The smallest absolute Gasteiger partial charge is 0.316 e. The van der Waals surface area contributed by atoms with Crippen molar-refractivity contribution in [2.24, 2.45) is 0 Å². The third kappa shape index (κ3) is 2.89. The fourth-order valence-electron chi connectivity index (χ4n) is 3.74. The third-order valence-corrected chi connectivity index (χ3v) is 5.05. The monoisotopic (exact) mass is 305 g/mol. The van der Waals surface area contributed by atoms with Crippen LogP contribution in [0.2, 0.25) is 0 Å². The highest BCUT2D eigenvalue weighted by Crippen LogP contribution is 2.36. The van der Waals surface area contributed by atoms with Crippen molar-refractivity contribution in [3.05, 3.63) is 35.9 Å². The maximum Gasteiger partial charge on any atom is 0.316 e. The second kappa shape index (κ2) is 6.36. The van der Waals surface area contributed by atoms with Gasteiger partial charge in [-0.3, -0.25) is 9.69 Å². The van der Waals surface area contributed by atoms with Crippen LogP contribution >= 0.6 is 0 Å². The van der Waals surface area contributed by atoms with E-state index in [1.807, 2.05) is 37.4 Å². The predicted octanol–water partition coefficient (Wildman–Crippen LogP) is 0.902. The quantitative estimate of drug-likeness (QED) is 0.809. The molecule has 120 valence electrons. The minimum absolute atomic E-state index is 0.0702. The number of hydrogen-bond acceptors (Lipinski definition) is 5. The molecule has 2 saturated heterocycles. The number of aliphatic hydroxyl groups excluding tert-OH is 2. The maximum absolute atomic E-state index is 12.4. The van der Waals surface area contributed by atoms with E-state index < -0.39 is 5.92 Å². The number of benzene rings is 1. The minimum atomic E-state index is -0.636. The first-order valence-electron chi connectivity index (χ1n) is 7.86. The minimum Gasteiger partial charge on any atom is -0.462 e. The van der Waals surface area contributed by atoms with Crippen molar-refractivity contribution in [2.45, 2.75) is 49.5 Å². The molecule has 2 bridgehead atoms. The van der Waals surface area contributed by atoms with E-state index in [-0.39, 0.29) is 36.9 Å². The molecule has 5 nitrogen and oxygen atoms in total. The standard InChI is InChI=1S/C17H23NO4/c1-18-12-7-13(9-15(18)16(20)8-12)22-17(21)14(10-19)11-5-3-2-4-6-11/h2-6,12-16,19-20H,7-10H2,1H3/t12-,13-,14+,15+,16-/m1/s1. The summed E-state index contributed by atoms with van der Waals surface area (Å²) in [7, 11) is 2.02. The Kier molecular flexibility index (Phi) is 4.47. The first-order chi connectivity index (χ1) is 10.6. The van der Waals surface area contributed by atoms with Crippen LogP contribution in [0.15, 0.2) is 30.3 Å². The SMILES string of the molecule is CN1[C@@H]2C[C@@H](OC(=O)[C@@H](CO)c3ccccc3)C[C@H]1[C@H](O)C2. The maximum atomic E-state index is 12.4. The number of carbonyl (C=O) groups excluding carboxylic acids is 1. The fraction of sp³-hybridized carbons (Fsp3) is 0.588. The van der Waals surface area contributed by atoms with Crippen molar-refractivity contribution in [3.63, 3.8) is 0 Å². The lowest BCUT2D eigenvalue weighted by Gasteiger charge is -2.36. The molecule has 0 radical (unpaired) electrons. The summed E-state index contributed by atoms with van der Waals surface area (Å²) in [5.41, 5.74) is 0.769. The van der Waals surface area contributed by atoms with Crippen LogP contribution in [-0.2, 0) is 9.53 Å². The molecule has 2 fully saturated rings. The van der Waals surface area contributed by atoms with E-state index in [2.05, 4.69) is 4.90 Å². The number of esters is 1. The Morgan fingerprint density at radius 3 is 2.68 bits per heavy atom. The van der Waals surface area contributed by atoms with Crippen molar-refractivity contribution in [3.8, 4) is 0 Å². The van der Waals surface area contributed by atoms with Gasteiger partial charge in [0.1, 0.15) is 12.0 Å². The summed E-state index contributed by atoms with van der Waals surface area (Å²) in [5, 5.41) is 19.6. The van der Waals surface area contributed by atoms with E-state index in [0.29, 0.717) is 6.42 Å². The van der Waals surface area contributed by atoms with E-state index in [0.717, 1.165) is 18.4 Å². The summed E-state index contributed by atoms with van der Waals surface area (Å²) in [5.74, 6) is -1.01. The Hall–Kier alpha value is -1.43. The summed E-state index contributed by atoms with van der Waals surface area (Å²) in [6.45, 7) is -0.259. The van der Waals surface area contributed by atoms with E-state index >= 15 is 0 Å². The van der Waals surface area contributed by atoms with Crippen LogP contribution in [-0.4, -0.2) is 59.0 Å². The Morgan fingerprint density at radius 1 is 1.32 bits per heavy atom. The Labute approximate surface area is 130 Å². The predicted molar refractivity (Wildman–Crippen MR) is 81.3 cm³/mol. The molecule has 2 aliphatic heterocycles. The molecule has 0 saturated carbocycles. The van der Waals surface area contributed by atoms with E-state index in [9.17, 15) is 15.0 Å². The number of carbonyl (C=O) groups is 1. The molecule has 2 aliphatic rings. The van der Waals surface area contributed by atoms with Gasteiger partial charge in [-0.25, -0.2) is 0 Å². The lowest BCUT2D eigenvalue weighted by atomic mass is 9.98. The van der Waals surface area contributed by atoms with E-state index in [1.165, 1.54) is 0 Å². The molecule has 3 rings (SSSR count). The molecular weight excluding hydrogens is 282 g/mol. The Balaban J connectivity index is 1.65. The number of ether oxygens (including phenoxy) is 1. The molecule has 0 spiro atoms. The number of hydrogen-bond donors (Lipinski definition) is 2. The molecule has 0 aromatic heterocycles. The molecule has 0 amide bonds. The van der Waals surface area contributed by atoms with Gasteiger partial charge in [0.2, 0.25) is 0 Å². The van der Waals surface area contributed by atoms with Gasteiger partial charge in [0.05, 0.1) is 12.7 Å². The molecule has 5 atom stereocenters. The second-order valence-electron chi connectivity index (χ2n) is 6.37. The average molecular weight is 305 g/mol. The zero-order valence-corrected chi connectivity index (χ0v) is 12.8. The molecule has 5 heteroatoms. The molecule has 1 aromatic carbocycles. The first kappa shape index (κ1) is 15.5. The topological polar surface area (TPSA) is 70.0 Å². The normalized spacial score (nSPS) is 32.7. The lowest BCUT2D eigenvalue weighted by Crippen LogP contribution is -2.45. The Morgan fingerprint density at radius 2 is 2.05 bits per heavy atom. The molecule has 1 aromatic rings. The number of piperidine rings is 1. The van der Waals surface area contributed by atoms with Crippen molar-refractivity contribution < 1.29 is 19.7 Å².